The molecule has 1 unspecified atom stereocenters. The SMILES string of the molecule is CCNC(CC)c1cc(Br)ccc1C. The third-order valence-electron chi connectivity index (χ3n) is 2.48. The number of aryl methyl sites for hydroxylation is 1. The van der Waals surface area contributed by atoms with Gasteiger partial charge in [-0.25, -0.2) is 0 Å². The highest BCUT2D eigenvalue weighted by Gasteiger charge is 2.10. The van der Waals surface area contributed by atoms with Crippen molar-refractivity contribution in [2.24, 2.45) is 0 Å². The van der Waals surface area contributed by atoms with Gasteiger partial charge in [0.2, 0.25) is 0 Å². The van der Waals surface area contributed by atoms with Gasteiger partial charge < -0.3 is 5.32 Å². The van der Waals surface area contributed by atoms with Crippen LogP contribution < -0.4 is 5.32 Å². The molecule has 2 heteroatoms. The Morgan fingerprint density at radius 2 is 2.07 bits per heavy atom. The molecule has 0 fully saturated rings. The maximum atomic E-state index is 3.52. The molecule has 0 bridgehead atoms. The van der Waals surface area contributed by atoms with E-state index in [2.05, 4.69) is 60.2 Å². The van der Waals surface area contributed by atoms with E-state index in [4.69, 9.17) is 0 Å². The largest absolute Gasteiger partial charge is 0.310 e. The van der Waals surface area contributed by atoms with Crippen LogP contribution in [0.3, 0.4) is 0 Å². The van der Waals surface area contributed by atoms with Crippen LogP contribution in [0, 0.1) is 6.92 Å². The molecule has 0 radical (unpaired) electrons. The van der Waals surface area contributed by atoms with Gasteiger partial charge >= 0.3 is 0 Å². The van der Waals surface area contributed by atoms with Crippen molar-refractivity contribution in [1.29, 1.82) is 0 Å². The van der Waals surface area contributed by atoms with Crippen molar-refractivity contribution >= 4 is 15.9 Å². The first-order valence-corrected chi connectivity index (χ1v) is 5.97. The molecular weight excluding hydrogens is 238 g/mol. The Balaban J connectivity index is 2.96. The summed E-state index contributed by atoms with van der Waals surface area (Å²) in [7, 11) is 0. The third kappa shape index (κ3) is 2.82. The quantitative estimate of drug-likeness (QED) is 0.863. The zero-order valence-electron chi connectivity index (χ0n) is 9.10. The summed E-state index contributed by atoms with van der Waals surface area (Å²) in [6, 6.07) is 6.96. The third-order valence-corrected chi connectivity index (χ3v) is 2.97. The van der Waals surface area contributed by atoms with Crippen molar-refractivity contribution in [3.8, 4) is 0 Å². The first-order valence-electron chi connectivity index (χ1n) is 5.18. The monoisotopic (exact) mass is 255 g/mol. The Kier molecular flexibility index (Phi) is 4.63. The topological polar surface area (TPSA) is 12.0 Å². The van der Waals surface area contributed by atoms with E-state index in [0.29, 0.717) is 6.04 Å². The first-order chi connectivity index (χ1) is 6.69. The summed E-state index contributed by atoms with van der Waals surface area (Å²) < 4.78 is 1.16. The fourth-order valence-electron chi connectivity index (χ4n) is 1.71. The summed E-state index contributed by atoms with van der Waals surface area (Å²) in [5.74, 6) is 0. The van der Waals surface area contributed by atoms with Gasteiger partial charge in [0.25, 0.3) is 0 Å². The van der Waals surface area contributed by atoms with Crippen LogP contribution in [0.5, 0.6) is 0 Å². The molecule has 0 aliphatic carbocycles. The van der Waals surface area contributed by atoms with E-state index >= 15 is 0 Å². The second-order valence-corrected chi connectivity index (χ2v) is 4.44. The molecule has 0 heterocycles. The van der Waals surface area contributed by atoms with Gasteiger partial charge in [0.1, 0.15) is 0 Å². The Morgan fingerprint density at radius 1 is 1.36 bits per heavy atom. The number of hydrogen-bond acceptors (Lipinski definition) is 1. The summed E-state index contributed by atoms with van der Waals surface area (Å²) in [5.41, 5.74) is 2.77. The van der Waals surface area contributed by atoms with E-state index in [-0.39, 0.29) is 0 Å². The highest BCUT2D eigenvalue weighted by Crippen LogP contribution is 2.24. The number of benzene rings is 1. The fraction of sp³-hybridized carbons (Fsp3) is 0.500. The minimum Gasteiger partial charge on any atom is -0.310 e. The molecule has 0 spiro atoms. The molecule has 0 amide bonds. The lowest BCUT2D eigenvalue weighted by atomic mass is 9.99. The summed E-state index contributed by atoms with van der Waals surface area (Å²) in [5, 5.41) is 3.50. The zero-order chi connectivity index (χ0) is 10.6. The molecule has 1 atom stereocenters. The molecule has 0 aromatic heterocycles. The molecule has 1 rings (SSSR count). The van der Waals surface area contributed by atoms with Crippen molar-refractivity contribution in [3.63, 3.8) is 0 Å². The zero-order valence-corrected chi connectivity index (χ0v) is 10.7. The Morgan fingerprint density at radius 3 is 2.64 bits per heavy atom. The van der Waals surface area contributed by atoms with Crippen molar-refractivity contribution < 1.29 is 0 Å². The summed E-state index contributed by atoms with van der Waals surface area (Å²) in [4.78, 5) is 0. The van der Waals surface area contributed by atoms with E-state index in [0.717, 1.165) is 17.4 Å². The molecule has 14 heavy (non-hydrogen) atoms. The van der Waals surface area contributed by atoms with E-state index in [1.165, 1.54) is 11.1 Å². The van der Waals surface area contributed by atoms with Gasteiger partial charge in [-0.15, -0.1) is 0 Å². The lowest BCUT2D eigenvalue weighted by molar-refractivity contribution is 0.535. The molecule has 1 nitrogen and oxygen atoms in total. The summed E-state index contributed by atoms with van der Waals surface area (Å²) in [6.07, 6.45) is 1.13. The average molecular weight is 256 g/mol. The standard InChI is InChI=1S/C12H18BrN/c1-4-12(14-5-2)11-8-10(13)7-6-9(11)3/h6-8,12,14H,4-5H2,1-3H3. The van der Waals surface area contributed by atoms with Gasteiger partial charge in [-0.05, 0) is 43.1 Å². The fourth-order valence-corrected chi connectivity index (χ4v) is 2.09. The minimum absolute atomic E-state index is 0.484. The second-order valence-electron chi connectivity index (χ2n) is 3.52. The lowest BCUT2D eigenvalue weighted by Crippen LogP contribution is -2.20. The molecule has 1 aromatic rings. The number of halogens is 1. The second kappa shape index (κ2) is 5.52. The van der Waals surface area contributed by atoms with Crippen LogP contribution in [-0.2, 0) is 0 Å². The van der Waals surface area contributed by atoms with Gasteiger partial charge in [0.05, 0.1) is 0 Å². The number of rotatable bonds is 4. The van der Waals surface area contributed by atoms with Crippen molar-refractivity contribution in [2.45, 2.75) is 33.2 Å². The van der Waals surface area contributed by atoms with Crippen LogP contribution in [0.4, 0.5) is 0 Å². The van der Waals surface area contributed by atoms with Gasteiger partial charge in [0.15, 0.2) is 0 Å². The summed E-state index contributed by atoms with van der Waals surface area (Å²) in [6.45, 7) is 7.55. The maximum absolute atomic E-state index is 3.52. The average Bonchev–Trinajstić information content (AvgIpc) is 2.18. The van der Waals surface area contributed by atoms with Crippen LogP contribution in [0.15, 0.2) is 22.7 Å². The Labute approximate surface area is 95.0 Å². The van der Waals surface area contributed by atoms with E-state index in [1.54, 1.807) is 0 Å². The normalized spacial score (nSPS) is 12.9. The van der Waals surface area contributed by atoms with E-state index < -0.39 is 0 Å². The van der Waals surface area contributed by atoms with Crippen molar-refractivity contribution in [3.05, 3.63) is 33.8 Å². The molecule has 0 aliphatic rings. The van der Waals surface area contributed by atoms with Crippen LogP contribution in [0.25, 0.3) is 0 Å². The van der Waals surface area contributed by atoms with Crippen LogP contribution in [0.1, 0.15) is 37.4 Å². The highest BCUT2D eigenvalue weighted by molar-refractivity contribution is 9.10. The molecule has 1 N–H and O–H groups in total. The number of nitrogens with one attached hydrogen (secondary N) is 1. The molecule has 78 valence electrons. The van der Waals surface area contributed by atoms with Crippen LogP contribution >= 0.6 is 15.9 Å². The van der Waals surface area contributed by atoms with E-state index in [9.17, 15) is 0 Å². The highest BCUT2D eigenvalue weighted by atomic mass is 79.9. The Bertz CT molecular complexity index is 296. The van der Waals surface area contributed by atoms with Gasteiger partial charge in [-0.1, -0.05) is 35.8 Å². The van der Waals surface area contributed by atoms with Crippen LogP contribution in [-0.4, -0.2) is 6.54 Å². The molecule has 1 aromatic carbocycles. The predicted octanol–water partition coefficient (Wildman–Crippen LogP) is 3.82. The van der Waals surface area contributed by atoms with Crippen LogP contribution in [0.2, 0.25) is 0 Å². The molecule has 0 saturated carbocycles. The maximum Gasteiger partial charge on any atom is 0.0320 e. The lowest BCUT2D eigenvalue weighted by Gasteiger charge is -2.18. The van der Waals surface area contributed by atoms with Crippen molar-refractivity contribution in [1.82, 2.24) is 5.32 Å². The smallest absolute Gasteiger partial charge is 0.0320 e. The summed E-state index contributed by atoms with van der Waals surface area (Å²) >= 11 is 3.52. The molecular formula is C12H18BrN. The predicted molar refractivity (Wildman–Crippen MR) is 65.6 cm³/mol. The van der Waals surface area contributed by atoms with Gasteiger partial charge in [0, 0.05) is 10.5 Å². The Hall–Kier alpha value is -0.340. The van der Waals surface area contributed by atoms with Gasteiger partial charge in [-0.2, -0.15) is 0 Å². The number of hydrogen-bond donors (Lipinski definition) is 1. The van der Waals surface area contributed by atoms with Crippen molar-refractivity contribution in [2.75, 3.05) is 6.54 Å². The molecule has 0 saturated heterocycles. The first kappa shape index (κ1) is 11.7. The minimum atomic E-state index is 0.484. The molecule has 0 aliphatic heterocycles. The van der Waals surface area contributed by atoms with Gasteiger partial charge in [-0.3, -0.25) is 0 Å². The van der Waals surface area contributed by atoms with E-state index in [1.807, 2.05) is 0 Å².